The lowest BCUT2D eigenvalue weighted by molar-refractivity contribution is 0.0615. The average Bonchev–Trinajstić information content (AvgIpc) is 2.29. The maximum atomic E-state index is 2.58. The van der Waals surface area contributed by atoms with Crippen LogP contribution >= 0.6 is 0 Å². The molecular formula is C21H41B. The van der Waals surface area contributed by atoms with Gasteiger partial charge in [-0.2, -0.15) is 0 Å². The normalized spacial score (nSPS) is 32.3. The maximum absolute atomic E-state index is 2.58. The Morgan fingerprint density at radius 2 is 1.59 bits per heavy atom. The highest BCUT2D eigenvalue weighted by molar-refractivity contribution is 6.13. The van der Waals surface area contributed by atoms with Crippen molar-refractivity contribution in [1.29, 1.82) is 0 Å². The van der Waals surface area contributed by atoms with Crippen molar-refractivity contribution in [3.63, 3.8) is 0 Å². The third-order valence-corrected chi connectivity index (χ3v) is 6.47. The number of hydrogen-bond donors (Lipinski definition) is 0. The minimum atomic E-state index is 0.277. The summed E-state index contributed by atoms with van der Waals surface area (Å²) in [6.07, 6.45) is 5.30. The molecule has 1 rings (SSSR count). The van der Waals surface area contributed by atoms with Crippen LogP contribution in [0, 0.1) is 21.7 Å². The molecule has 128 valence electrons. The van der Waals surface area contributed by atoms with Gasteiger partial charge in [0.15, 0.2) is 0 Å². The average molecular weight is 304 g/mol. The summed E-state index contributed by atoms with van der Waals surface area (Å²) in [4.78, 5) is 0. The van der Waals surface area contributed by atoms with Gasteiger partial charge in [0, 0.05) is 0 Å². The predicted octanol–water partition coefficient (Wildman–Crippen LogP) is 6.42. The van der Waals surface area contributed by atoms with Gasteiger partial charge in [-0.15, -0.1) is 0 Å². The van der Waals surface area contributed by atoms with Crippen LogP contribution in [0.3, 0.4) is 0 Å². The van der Waals surface area contributed by atoms with Gasteiger partial charge >= 0.3 is 0 Å². The molecule has 0 aromatic rings. The molecule has 2 atom stereocenters. The van der Waals surface area contributed by atoms with Crippen LogP contribution < -0.4 is 0 Å². The summed E-state index contributed by atoms with van der Waals surface area (Å²) < 4.78 is 0. The maximum Gasteiger partial charge on any atom is 0.110 e. The summed E-state index contributed by atoms with van der Waals surface area (Å²) in [6, 6.07) is 0. The molecule has 0 N–H and O–H groups in total. The van der Waals surface area contributed by atoms with Crippen LogP contribution in [-0.4, -0.2) is 7.85 Å². The van der Waals surface area contributed by atoms with Crippen LogP contribution in [-0.2, 0) is 0 Å². The zero-order valence-electron chi connectivity index (χ0n) is 17.4. The van der Waals surface area contributed by atoms with Gasteiger partial charge in [-0.3, -0.25) is 0 Å². The summed E-state index contributed by atoms with van der Waals surface area (Å²) >= 11 is 0. The van der Waals surface area contributed by atoms with Crippen LogP contribution in [0.4, 0.5) is 0 Å². The lowest BCUT2D eigenvalue weighted by atomic mass is 9.52. The van der Waals surface area contributed by atoms with E-state index in [4.69, 9.17) is 0 Å². The first kappa shape index (κ1) is 19.9. The Bertz CT molecular complexity index is 431. The van der Waals surface area contributed by atoms with Crippen LogP contribution in [0.5, 0.6) is 0 Å². The van der Waals surface area contributed by atoms with Crippen molar-refractivity contribution in [2.75, 3.05) is 0 Å². The van der Waals surface area contributed by atoms with E-state index in [1.165, 1.54) is 25.7 Å². The van der Waals surface area contributed by atoms with Crippen molar-refractivity contribution >= 4 is 7.85 Å². The molecule has 2 unspecified atom stereocenters. The van der Waals surface area contributed by atoms with Crippen molar-refractivity contribution in [3.05, 3.63) is 11.1 Å². The van der Waals surface area contributed by atoms with Crippen molar-refractivity contribution in [1.82, 2.24) is 0 Å². The highest BCUT2D eigenvalue weighted by atomic mass is 14.6. The summed E-state index contributed by atoms with van der Waals surface area (Å²) in [7, 11) is 2.37. The molecule has 1 fully saturated rings. The van der Waals surface area contributed by atoms with Crippen molar-refractivity contribution < 1.29 is 0 Å². The number of hydrogen-bond acceptors (Lipinski definition) is 0. The Kier molecular flexibility index (Phi) is 5.44. The molecule has 22 heavy (non-hydrogen) atoms. The van der Waals surface area contributed by atoms with E-state index in [0.717, 1.165) is 0 Å². The monoisotopic (exact) mass is 304 g/mol. The Balaban J connectivity index is 3.67. The van der Waals surface area contributed by atoms with E-state index in [-0.39, 0.29) is 5.41 Å². The van der Waals surface area contributed by atoms with E-state index in [0.29, 0.717) is 22.1 Å². The van der Waals surface area contributed by atoms with Gasteiger partial charge in [0.2, 0.25) is 0 Å². The van der Waals surface area contributed by atoms with E-state index < -0.39 is 0 Å². The van der Waals surface area contributed by atoms with E-state index in [9.17, 15) is 0 Å². The van der Waals surface area contributed by atoms with Crippen LogP contribution in [0.15, 0.2) is 11.1 Å². The zero-order valence-corrected chi connectivity index (χ0v) is 17.4. The quantitative estimate of drug-likeness (QED) is 0.313. The fraction of sp³-hybridized carbons (Fsp3) is 0.905. The lowest BCUT2D eigenvalue weighted by Crippen LogP contribution is -2.43. The summed E-state index contributed by atoms with van der Waals surface area (Å²) in [5.74, 6) is 0.641. The van der Waals surface area contributed by atoms with Crippen molar-refractivity contribution in [3.8, 4) is 0 Å². The summed E-state index contributed by atoms with van der Waals surface area (Å²) in [5.41, 5.74) is 4.73. The van der Waals surface area contributed by atoms with E-state index in [2.05, 4.69) is 77.1 Å². The van der Waals surface area contributed by atoms with Crippen LogP contribution in [0.1, 0.15) is 94.9 Å². The number of allylic oxidation sites excluding steroid dienone is 2. The molecule has 0 nitrogen and oxygen atoms in total. The molecule has 0 spiro atoms. The highest BCUT2D eigenvalue weighted by Crippen LogP contribution is 2.62. The molecule has 0 radical (unpaired) electrons. The summed E-state index contributed by atoms with van der Waals surface area (Å²) in [6.45, 7) is 24.6. The smallest absolute Gasteiger partial charge is 0.0781 e. The van der Waals surface area contributed by atoms with E-state index in [1.807, 2.05) is 0 Å². The molecule has 0 heterocycles. The van der Waals surface area contributed by atoms with Gasteiger partial charge in [0.1, 0.15) is 7.85 Å². The Labute approximate surface area is 141 Å². The molecule has 0 amide bonds. The Hall–Kier alpha value is -0.195. The second-order valence-corrected chi connectivity index (χ2v) is 10.9. The van der Waals surface area contributed by atoms with Crippen molar-refractivity contribution in [2.24, 2.45) is 21.7 Å². The largest absolute Gasteiger partial charge is 0.110 e. The molecule has 1 saturated carbocycles. The molecule has 1 aliphatic rings. The molecule has 0 aliphatic heterocycles. The molecule has 1 heteroatoms. The SMILES string of the molecule is BC(C)/C(C)=C1/C(C)(C)CCCC(C)(C)C1(C)CC(C)(C)C. The van der Waals surface area contributed by atoms with Crippen LogP contribution in [0.25, 0.3) is 0 Å². The first-order valence-electron chi connectivity index (χ1n) is 9.36. The second kappa shape index (κ2) is 6.02. The van der Waals surface area contributed by atoms with Gasteiger partial charge < -0.3 is 0 Å². The number of rotatable bonds is 2. The molecule has 0 bridgehead atoms. The van der Waals surface area contributed by atoms with E-state index in [1.54, 1.807) is 11.1 Å². The minimum absolute atomic E-state index is 0.277. The zero-order chi connectivity index (χ0) is 17.6. The first-order valence-corrected chi connectivity index (χ1v) is 9.36. The predicted molar refractivity (Wildman–Crippen MR) is 104 cm³/mol. The van der Waals surface area contributed by atoms with Gasteiger partial charge in [0.05, 0.1) is 0 Å². The molecular weight excluding hydrogens is 263 g/mol. The van der Waals surface area contributed by atoms with Gasteiger partial charge in [-0.25, -0.2) is 0 Å². The first-order chi connectivity index (χ1) is 9.64. The molecule has 0 aromatic heterocycles. The Morgan fingerprint density at radius 1 is 1.09 bits per heavy atom. The summed E-state index contributed by atoms with van der Waals surface area (Å²) in [5, 5.41) is 0. The Morgan fingerprint density at radius 3 is 2.00 bits per heavy atom. The third-order valence-electron chi connectivity index (χ3n) is 6.47. The van der Waals surface area contributed by atoms with Crippen molar-refractivity contribution in [2.45, 2.75) is 101 Å². The van der Waals surface area contributed by atoms with Crippen LogP contribution in [0.2, 0.25) is 5.82 Å². The van der Waals surface area contributed by atoms with Gasteiger partial charge in [-0.1, -0.05) is 85.7 Å². The second-order valence-electron chi connectivity index (χ2n) is 10.9. The van der Waals surface area contributed by atoms with Gasteiger partial charge in [-0.05, 0) is 47.8 Å². The fourth-order valence-electron chi connectivity index (χ4n) is 5.10. The highest BCUT2D eigenvalue weighted by Gasteiger charge is 2.51. The fourth-order valence-corrected chi connectivity index (χ4v) is 5.10. The third kappa shape index (κ3) is 3.82. The van der Waals surface area contributed by atoms with Gasteiger partial charge in [0.25, 0.3) is 0 Å². The topological polar surface area (TPSA) is 0 Å². The molecule has 0 aromatic carbocycles. The molecule has 1 aliphatic carbocycles. The minimum Gasteiger partial charge on any atom is -0.0781 e. The lowest BCUT2D eigenvalue weighted by Gasteiger charge is -2.52. The standard InChI is InChI=1S/C21H41B/c1-15(16(2)22)17-19(6,7)12-11-13-20(8,9)21(17,10)14-18(3,4)5/h16H,11-14,22H2,1-10H3/b17-15-. The molecule has 0 saturated heterocycles. The van der Waals surface area contributed by atoms with E-state index >= 15 is 0 Å².